The van der Waals surface area contributed by atoms with Crippen LogP contribution in [0.15, 0.2) is 47.5 Å². The van der Waals surface area contributed by atoms with Crippen molar-refractivity contribution in [2.24, 2.45) is 5.41 Å². The molecule has 0 aliphatic carbocycles. The Balaban J connectivity index is 1.40. The molecule has 1 aliphatic heterocycles. The summed E-state index contributed by atoms with van der Waals surface area (Å²) >= 11 is 1.13. The van der Waals surface area contributed by atoms with Crippen LogP contribution < -0.4 is 4.74 Å². The van der Waals surface area contributed by atoms with Crippen molar-refractivity contribution in [1.29, 1.82) is 0 Å². The van der Waals surface area contributed by atoms with Crippen LogP contribution in [0.4, 0.5) is 13.2 Å². The number of hydrogen-bond acceptors (Lipinski definition) is 6. The third-order valence-electron chi connectivity index (χ3n) is 6.84. The van der Waals surface area contributed by atoms with Gasteiger partial charge < -0.3 is 14.4 Å². The zero-order chi connectivity index (χ0) is 25.7. The number of aromatic nitrogens is 1. The predicted octanol–water partition coefficient (Wildman–Crippen LogP) is 5.64. The Morgan fingerprint density at radius 2 is 1.92 bits per heavy atom. The Hall–Kier alpha value is -2.78. The van der Waals surface area contributed by atoms with Gasteiger partial charge in [-0.25, -0.2) is 13.2 Å². The first kappa shape index (κ1) is 26.3. The van der Waals surface area contributed by atoms with Crippen LogP contribution in [-0.2, 0) is 16.0 Å². The van der Waals surface area contributed by atoms with Gasteiger partial charge in [0.15, 0.2) is 0 Å². The number of halogens is 3. The van der Waals surface area contributed by atoms with Crippen molar-refractivity contribution in [3.8, 4) is 5.75 Å². The summed E-state index contributed by atoms with van der Waals surface area (Å²) in [5, 5.41) is 0.701. The quantitative estimate of drug-likeness (QED) is 0.256. The van der Waals surface area contributed by atoms with Crippen molar-refractivity contribution in [1.82, 2.24) is 9.88 Å². The summed E-state index contributed by atoms with van der Waals surface area (Å²) in [6.45, 7) is 1.76. The lowest BCUT2D eigenvalue weighted by atomic mass is 9.81. The van der Waals surface area contributed by atoms with Crippen molar-refractivity contribution in [3.05, 3.63) is 65.6 Å². The fourth-order valence-electron chi connectivity index (χ4n) is 4.92. The summed E-state index contributed by atoms with van der Waals surface area (Å²) < 4.78 is 53.0. The molecule has 1 unspecified atom stereocenters. The van der Waals surface area contributed by atoms with Crippen molar-refractivity contribution in [2.45, 2.75) is 30.6 Å². The molecule has 0 saturated carbocycles. The molecule has 1 atom stereocenters. The van der Waals surface area contributed by atoms with Crippen molar-refractivity contribution in [2.75, 3.05) is 39.6 Å². The van der Waals surface area contributed by atoms with E-state index in [0.29, 0.717) is 73.3 Å². The highest BCUT2D eigenvalue weighted by Crippen LogP contribution is 2.38. The summed E-state index contributed by atoms with van der Waals surface area (Å²) in [6, 6.07) is 9.20. The fourth-order valence-corrected chi connectivity index (χ4v) is 5.89. The molecule has 0 N–H and O–H groups in total. The van der Waals surface area contributed by atoms with E-state index in [2.05, 4.69) is 9.88 Å². The molecule has 1 aliphatic rings. The van der Waals surface area contributed by atoms with Crippen LogP contribution in [0, 0.1) is 22.9 Å². The SMILES string of the molecule is COC(=O)C1(CCCc2c(F)cnc3ccc(OC)cc23)CCN(CCSc2c(F)cccc2F)C1. The molecule has 5 nitrogen and oxygen atoms in total. The number of nitrogens with zero attached hydrogens (tertiary/aromatic N) is 2. The first-order chi connectivity index (χ1) is 17.4. The molecule has 9 heteroatoms. The summed E-state index contributed by atoms with van der Waals surface area (Å²) in [6.07, 6.45) is 3.42. The number of hydrogen-bond donors (Lipinski definition) is 0. The van der Waals surface area contributed by atoms with Gasteiger partial charge in [-0.15, -0.1) is 11.8 Å². The fraction of sp³-hybridized carbons (Fsp3) is 0.407. The molecule has 4 rings (SSSR count). The van der Waals surface area contributed by atoms with E-state index in [4.69, 9.17) is 9.47 Å². The Kier molecular flexibility index (Phi) is 8.41. The molecule has 2 aromatic carbocycles. The molecule has 0 spiro atoms. The molecule has 0 radical (unpaired) electrons. The second-order valence-corrected chi connectivity index (χ2v) is 10.1. The summed E-state index contributed by atoms with van der Waals surface area (Å²) in [5.74, 6) is -0.683. The number of methoxy groups -OCH3 is 2. The monoisotopic (exact) mass is 518 g/mol. The lowest BCUT2D eigenvalue weighted by Crippen LogP contribution is -2.36. The number of fused-ring (bicyclic) bond motifs is 1. The van der Waals surface area contributed by atoms with E-state index in [1.807, 2.05) is 0 Å². The van der Waals surface area contributed by atoms with E-state index in [1.165, 1.54) is 31.5 Å². The van der Waals surface area contributed by atoms with Crippen molar-refractivity contribution in [3.63, 3.8) is 0 Å². The number of thioether (sulfide) groups is 1. The van der Waals surface area contributed by atoms with Gasteiger partial charge in [-0.2, -0.15) is 0 Å². The topological polar surface area (TPSA) is 51.7 Å². The smallest absolute Gasteiger partial charge is 0.313 e. The average Bonchev–Trinajstić information content (AvgIpc) is 3.30. The highest BCUT2D eigenvalue weighted by atomic mass is 32.2. The second kappa shape index (κ2) is 11.5. The molecule has 36 heavy (non-hydrogen) atoms. The maximum Gasteiger partial charge on any atom is 0.313 e. The lowest BCUT2D eigenvalue weighted by Gasteiger charge is -2.27. The molecule has 2 heterocycles. The van der Waals surface area contributed by atoms with E-state index in [1.54, 1.807) is 25.3 Å². The number of carbonyl (C=O) groups is 1. The standard InChI is InChI=1S/C27H29F3N2O3S/c1-34-18-8-9-24-20(15-18)19(23(30)16-31-24)5-4-10-27(26(33)35-2)11-12-32(17-27)13-14-36-25-21(28)6-3-7-22(25)29/h3,6-9,15-16H,4-5,10-14,17H2,1-2H3. The average molecular weight is 519 g/mol. The zero-order valence-electron chi connectivity index (χ0n) is 20.4. The Morgan fingerprint density at radius 3 is 2.64 bits per heavy atom. The van der Waals surface area contributed by atoms with E-state index in [0.717, 1.165) is 11.8 Å². The number of carbonyl (C=O) groups excluding carboxylic acids is 1. The van der Waals surface area contributed by atoms with Gasteiger partial charge in [0, 0.05) is 24.2 Å². The largest absolute Gasteiger partial charge is 0.497 e. The number of rotatable bonds is 10. The molecular formula is C27H29F3N2O3S. The van der Waals surface area contributed by atoms with Crippen molar-refractivity contribution >= 4 is 28.6 Å². The molecule has 3 aromatic rings. The first-order valence-corrected chi connectivity index (χ1v) is 12.8. The van der Waals surface area contributed by atoms with Crippen LogP contribution in [0.1, 0.15) is 24.8 Å². The number of pyridine rings is 1. The minimum Gasteiger partial charge on any atom is -0.497 e. The second-order valence-electron chi connectivity index (χ2n) is 9.02. The number of likely N-dealkylation sites (tertiary alicyclic amines) is 1. The molecule has 0 bridgehead atoms. The lowest BCUT2D eigenvalue weighted by molar-refractivity contribution is -0.152. The minimum atomic E-state index is -0.695. The summed E-state index contributed by atoms with van der Waals surface area (Å²) in [7, 11) is 2.94. The van der Waals surface area contributed by atoms with Gasteiger partial charge >= 0.3 is 5.97 Å². The number of esters is 1. The maximum absolute atomic E-state index is 14.7. The third kappa shape index (κ3) is 5.62. The Morgan fingerprint density at radius 1 is 1.14 bits per heavy atom. The van der Waals surface area contributed by atoms with E-state index in [-0.39, 0.29) is 16.7 Å². The summed E-state index contributed by atoms with van der Waals surface area (Å²) in [5.41, 5.74) is 0.544. The van der Waals surface area contributed by atoms with Gasteiger partial charge in [0.05, 0.1) is 36.2 Å². The van der Waals surface area contributed by atoms with Crippen LogP contribution in [-0.4, -0.2) is 55.5 Å². The molecular weight excluding hydrogens is 489 g/mol. The van der Waals surface area contributed by atoms with Gasteiger partial charge in [-0.05, 0) is 68.1 Å². The zero-order valence-corrected chi connectivity index (χ0v) is 21.2. The highest BCUT2D eigenvalue weighted by molar-refractivity contribution is 7.99. The predicted molar refractivity (Wildman–Crippen MR) is 134 cm³/mol. The normalized spacial score (nSPS) is 18.0. The first-order valence-electron chi connectivity index (χ1n) is 11.9. The molecule has 1 fully saturated rings. The molecule has 192 valence electrons. The van der Waals surface area contributed by atoms with E-state index in [9.17, 15) is 18.0 Å². The Labute approximate surface area is 213 Å². The van der Waals surface area contributed by atoms with E-state index >= 15 is 0 Å². The van der Waals surface area contributed by atoms with Crippen LogP contribution >= 0.6 is 11.8 Å². The van der Waals surface area contributed by atoms with Gasteiger partial charge in [0.1, 0.15) is 23.2 Å². The van der Waals surface area contributed by atoms with Crippen molar-refractivity contribution < 1.29 is 27.4 Å². The third-order valence-corrected chi connectivity index (χ3v) is 7.91. The van der Waals surface area contributed by atoms with Crippen LogP contribution in [0.3, 0.4) is 0 Å². The Bertz CT molecular complexity index is 1220. The number of benzene rings is 2. The van der Waals surface area contributed by atoms with Gasteiger partial charge in [-0.1, -0.05) is 6.07 Å². The van der Waals surface area contributed by atoms with Gasteiger partial charge in [-0.3, -0.25) is 9.78 Å². The van der Waals surface area contributed by atoms with Crippen LogP contribution in [0.25, 0.3) is 10.9 Å². The molecule has 1 aromatic heterocycles. The van der Waals surface area contributed by atoms with Gasteiger partial charge in [0.25, 0.3) is 0 Å². The van der Waals surface area contributed by atoms with Crippen LogP contribution in [0.5, 0.6) is 5.75 Å². The van der Waals surface area contributed by atoms with Gasteiger partial charge in [0.2, 0.25) is 0 Å². The number of aryl methyl sites for hydroxylation is 1. The van der Waals surface area contributed by atoms with E-state index < -0.39 is 17.0 Å². The minimum absolute atomic E-state index is 0.0131. The van der Waals surface area contributed by atoms with Crippen LogP contribution in [0.2, 0.25) is 0 Å². The maximum atomic E-state index is 14.7. The summed E-state index contributed by atoms with van der Waals surface area (Å²) in [4.78, 5) is 19.1. The number of ether oxygens (including phenoxy) is 2. The molecule has 1 saturated heterocycles. The molecule has 0 amide bonds. The highest BCUT2D eigenvalue weighted by Gasteiger charge is 2.44.